The van der Waals surface area contributed by atoms with Crippen LogP contribution in [0, 0.1) is 0 Å². The van der Waals surface area contributed by atoms with Crippen LogP contribution in [-0.2, 0) is 10.8 Å². The van der Waals surface area contributed by atoms with Crippen LogP contribution < -0.4 is 42.6 Å². The molecule has 76 heavy (non-hydrogen) atoms. The van der Waals surface area contributed by atoms with E-state index in [4.69, 9.17) is 8.83 Å². The maximum Gasteiger partial charge on any atom is 0.249 e. The fourth-order valence-corrected chi connectivity index (χ4v) is 15.9. The SMILES string of the molecule is CC(C)(C)c1ccc2c(c1)oc1c3c4c(cc12)B1c2cc(-c5ccccc5)ccc2Sc2cc5c6c(c21)N4c1c(cc2c(oc4cc(C(C)(C)C)ccc42)c1N3c1ccccc1)B6c1cc(-c2ccccc2)ccc1S5. The summed E-state index contributed by atoms with van der Waals surface area (Å²) in [7, 11) is 0. The molecule has 0 amide bonds. The lowest BCUT2D eigenvalue weighted by atomic mass is 9.30. The molecule has 5 aliphatic rings. The van der Waals surface area contributed by atoms with E-state index >= 15 is 0 Å². The molecule has 0 atom stereocenters. The van der Waals surface area contributed by atoms with Gasteiger partial charge in [0.1, 0.15) is 22.5 Å². The quantitative estimate of drug-likeness (QED) is 0.164. The van der Waals surface area contributed by atoms with Crippen LogP contribution in [0.3, 0.4) is 0 Å². The number of benzene rings is 10. The van der Waals surface area contributed by atoms with Gasteiger partial charge in [0.2, 0.25) is 13.4 Å². The van der Waals surface area contributed by atoms with Crippen molar-refractivity contribution in [1.29, 1.82) is 0 Å². The molecule has 7 heterocycles. The number of furan rings is 2. The van der Waals surface area contributed by atoms with Gasteiger partial charge < -0.3 is 18.6 Å². The largest absolute Gasteiger partial charge is 0.454 e. The van der Waals surface area contributed by atoms with E-state index in [1.807, 2.05) is 23.5 Å². The first-order valence-corrected chi connectivity index (χ1v) is 28.3. The fourth-order valence-electron chi connectivity index (χ4n) is 13.5. The van der Waals surface area contributed by atoms with Gasteiger partial charge in [0, 0.05) is 52.5 Å². The number of fused-ring (bicyclic) bond motifs is 14. The second kappa shape index (κ2) is 15.0. The van der Waals surface area contributed by atoms with Crippen molar-refractivity contribution in [2.24, 2.45) is 0 Å². The predicted octanol–water partition coefficient (Wildman–Crippen LogP) is 15.3. The minimum Gasteiger partial charge on any atom is -0.454 e. The molecule has 0 N–H and O–H groups in total. The van der Waals surface area contributed by atoms with E-state index in [-0.39, 0.29) is 24.3 Å². The molecule has 0 saturated carbocycles. The molecule has 0 aliphatic carbocycles. The molecule has 5 aliphatic heterocycles. The van der Waals surface area contributed by atoms with E-state index in [0.29, 0.717) is 0 Å². The Hall–Kier alpha value is -7.77. The summed E-state index contributed by atoms with van der Waals surface area (Å²) in [6.07, 6.45) is 0. The molecule has 0 unspecified atom stereocenters. The molecule has 0 fully saturated rings. The van der Waals surface area contributed by atoms with Crippen LogP contribution in [0.25, 0.3) is 66.1 Å². The molecule has 0 bridgehead atoms. The van der Waals surface area contributed by atoms with E-state index in [9.17, 15) is 0 Å². The van der Waals surface area contributed by atoms with Crippen molar-refractivity contribution < 1.29 is 8.83 Å². The number of hydrogen-bond acceptors (Lipinski definition) is 6. The fraction of sp³-hybridized carbons (Fsp3) is 0.118. The van der Waals surface area contributed by atoms with Crippen LogP contribution in [0.1, 0.15) is 52.7 Å². The van der Waals surface area contributed by atoms with Gasteiger partial charge in [-0.1, -0.05) is 216 Å². The Morgan fingerprint density at radius 2 is 0.803 bits per heavy atom. The molecule has 4 nitrogen and oxygen atoms in total. The third kappa shape index (κ3) is 5.81. The summed E-state index contributed by atoms with van der Waals surface area (Å²) in [5.74, 6) is 0. The van der Waals surface area contributed by atoms with Crippen molar-refractivity contribution >= 4 is 148 Å². The van der Waals surface area contributed by atoms with E-state index in [0.717, 1.165) is 60.9 Å². The van der Waals surface area contributed by atoms with Gasteiger partial charge in [0.15, 0.2) is 11.2 Å². The summed E-state index contributed by atoms with van der Waals surface area (Å²) < 4.78 is 15.0. The van der Waals surface area contributed by atoms with E-state index in [2.05, 4.69) is 233 Å². The topological polar surface area (TPSA) is 32.8 Å². The Bertz CT molecular complexity index is 4300. The summed E-state index contributed by atoms with van der Waals surface area (Å²) in [6, 6.07) is 68.7. The molecule has 360 valence electrons. The van der Waals surface area contributed by atoms with Crippen LogP contribution in [0.5, 0.6) is 0 Å². The van der Waals surface area contributed by atoms with Gasteiger partial charge >= 0.3 is 0 Å². The molecular weight excluding hydrogens is 963 g/mol. The Labute approximate surface area is 450 Å². The molecule has 0 spiro atoms. The van der Waals surface area contributed by atoms with Crippen molar-refractivity contribution in [1.82, 2.24) is 0 Å². The highest BCUT2D eigenvalue weighted by atomic mass is 32.2. The summed E-state index contributed by atoms with van der Waals surface area (Å²) in [6.45, 7) is 13.6. The molecule has 0 saturated heterocycles. The van der Waals surface area contributed by atoms with Crippen LogP contribution in [0.4, 0.5) is 34.1 Å². The highest BCUT2D eigenvalue weighted by Crippen LogP contribution is 2.62. The van der Waals surface area contributed by atoms with Crippen LogP contribution in [0.15, 0.2) is 210 Å². The van der Waals surface area contributed by atoms with Gasteiger partial charge in [-0.3, -0.25) is 0 Å². The summed E-state index contributed by atoms with van der Waals surface area (Å²) in [5, 5.41) is 4.49. The molecular formula is C68H48B2N2O2S2. The van der Waals surface area contributed by atoms with Crippen molar-refractivity contribution in [3.05, 3.63) is 193 Å². The number of nitrogens with zero attached hydrogens (tertiary/aromatic N) is 2. The molecule has 8 heteroatoms. The second-order valence-corrected chi connectivity index (χ2v) is 25.7. The zero-order chi connectivity index (χ0) is 50.7. The van der Waals surface area contributed by atoms with Crippen molar-refractivity contribution in [2.45, 2.75) is 72.0 Å². The van der Waals surface area contributed by atoms with Crippen LogP contribution >= 0.6 is 23.5 Å². The van der Waals surface area contributed by atoms with Crippen molar-refractivity contribution in [3.63, 3.8) is 0 Å². The van der Waals surface area contributed by atoms with Crippen LogP contribution in [-0.4, -0.2) is 13.4 Å². The molecule has 17 rings (SSSR count). The maximum absolute atomic E-state index is 7.51. The Kier molecular flexibility index (Phi) is 8.58. The first kappa shape index (κ1) is 43.5. The molecule has 12 aromatic rings. The molecule has 10 aromatic carbocycles. The monoisotopic (exact) mass is 1010 g/mol. The average molecular weight is 1010 g/mol. The number of anilines is 6. The van der Waals surface area contributed by atoms with Gasteiger partial charge in [0.25, 0.3) is 0 Å². The first-order valence-electron chi connectivity index (χ1n) is 26.6. The lowest BCUT2D eigenvalue weighted by molar-refractivity contribution is 0.587. The van der Waals surface area contributed by atoms with Gasteiger partial charge in [0.05, 0.1) is 11.4 Å². The predicted molar refractivity (Wildman–Crippen MR) is 323 cm³/mol. The van der Waals surface area contributed by atoms with E-state index < -0.39 is 0 Å². The zero-order valence-electron chi connectivity index (χ0n) is 43.0. The van der Waals surface area contributed by atoms with Gasteiger partial charge in [-0.2, -0.15) is 0 Å². The third-order valence-corrected chi connectivity index (χ3v) is 19.4. The average Bonchev–Trinajstić information content (AvgIpc) is 3.56. The van der Waals surface area contributed by atoms with Crippen molar-refractivity contribution in [2.75, 3.05) is 9.80 Å². The van der Waals surface area contributed by atoms with Crippen LogP contribution in [0.2, 0.25) is 0 Å². The Morgan fingerprint density at radius 3 is 1.25 bits per heavy atom. The smallest absolute Gasteiger partial charge is 0.249 e. The number of para-hydroxylation sites is 1. The number of hydrogen-bond donors (Lipinski definition) is 0. The minimum absolute atomic E-state index is 0.0637. The summed E-state index contributed by atoms with van der Waals surface area (Å²) in [5.41, 5.74) is 25.7. The first-order chi connectivity index (χ1) is 36.9. The standard InChI is InChI=1S/C68H48B2N2O2S2/c1-67(2,3)41-24-26-44-46-34-50-60-63(65(46)73-52(44)32-41)71(43-20-14-9-15-21-43)64-61-51(35-47-45-27-25-42(68(4,5)6)33-53(45)74-66(47)64)70-49-31-40(38-18-12-8-13-19-38)23-29-55(49)76-57-36-56-58(62(59(57)70)72(60)61)69(50)48-30-39(22-28-54(48)75-56)37-16-10-7-11-17-37/h7-36H,1-6H3. The Balaban J connectivity index is 1.07. The van der Waals surface area contributed by atoms with Gasteiger partial charge in [-0.25, -0.2) is 0 Å². The third-order valence-electron chi connectivity index (χ3n) is 17.1. The van der Waals surface area contributed by atoms with Gasteiger partial charge in [-0.15, -0.1) is 0 Å². The lowest BCUT2D eigenvalue weighted by Gasteiger charge is -2.52. The highest BCUT2D eigenvalue weighted by molar-refractivity contribution is 8.01. The summed E-state index contributed by atoms with van der Waals surface area (Å²) >= 11 is 3.88. The zero-order valence-corrected chi connectivity index (χ0v) is 44.6. The summed E-state index contributed by atoms with van der Waals surface area (Å²) in [4.78, 5) is 10.5. The normalized spacial score (nSPS) is 14.5. The Morgan fingerprint density at radius 1 is 0.355 bits per heavy atom. The number of rotatable bonds is 3. The van der Waals surface area contributed by atoms with Crippen molar-refractivity contribution in [3.8, 4) is 22.3 Å². The lowest BCUT2D eigenvalue weighted by Crippen LogP contribution is -2.68. The van der Waals surface area contributed by atoms with Gasteiger partial charge in [-0.05, 0) is 109 Å². The molecule has 0 radical (unpaired) electrons. The maximum atomic E-state index is 7.51. The highest BCUT2D eigenvalue weighted by Gasteiger charge is 2.54. The van der Waals surface area contributed by atoms with E-state index in [1.54, 1.807) is 0 Å². The second-order valence-electron chi connectivity index (χ2n) is 23.6. The minimum atomic E-state index is -0.0717. The van der Waals surface area contributed by atoms with E-state index in [1.165, 1.54) is 103 Å². The molecule has 2 aromatic heterocycles.